The Balaban J connectivity index is 2.41. The Bertz CT molecular complexity index is 439. The monoisotopic (exact) mass is 253 g/mol. The average molecular weight is 254 g/mol. The van der Waals surface area contributed by atoms with Crippen LogP contribution in [0, 0.1) is 0 Å². The van der Waals surface area contributed by atoms with Crippen molar-refractivity contribution in [2.45, 2.75) is 0 Å². The highest BCUT2D eigenvalue weighted by Gasteiger charge is 2.00. The Hall–Kier alpha value is -1.40. The zero-order chi connectivity index (χ0) is 9.97. The molecule has 0 aromatic carbocycles. The van der Waals surface area contributed by atoms with Gasteiger partial charge in [-0.05, 0) is 28.1 Å². The maximum Gasteiger partial charge on any atom is 0.155 e. The van der Waals surface area contributed by atoms with Crippen molar-refractivity contribution in [2.24, 2.45) is 5.84 Å². The molecule has 0 bridgehead atoms. The maximum atomic E-state index is 5.25. The summed E-state index contributed by atoms with van der Waals surface area (Å²) >= 11 is 3.31. The van der Waals surface area contributed by atoms with Crippen molar-refractivity contribution in [1.29, 1.82) is 0 Å². The van der Waals surface area contributed by atoms with Gasteiger partial charge in [0, 0.05) is 6.20 Å². The quantitative estimate of drug-likeness (QED) is 0.626. The number of halogens is 1. The predicted molar refractivity (Wildman–Crippen MR) is 56.9 cm³/mol. The van der Waals surface area contributed by atoms with Gasteiger partial charge in [-0.2, -0.15) is 5.10 Å². The van der Waals surface area contributed by atoms with Gasteiger partial charge in [0.1, 0.15) is 5.82 Å². The molecular formula is C8H8BrN5. The minimum Gasteiger partial charge on any atom is -0.308 e. The molecular weight excluding hydrogens is 246 g/mol. The first-order chi connectivity index (χ1) is 6.79. The lowest BCUT2D eigenvalue weighted by molar-refractivity contribution is 0.847. The van der Waals surface area contributed by atoms with Crippen LogP contribution in [0.2, 0.25) is 0 Å². The first-order valence-electron chi connectivity index (χ1n) is 3.94. The molecule has 14 heavy (non-hydrogen) atoms. The van der Waals surface area contributed by atoms with Gasteiger partial charge in [0.15, 0.2) is 5.82 Å². The maximum absolute atomic E-state index is 5.25. The summed E-state index contributed by atoms with van der Waals surface area (Å²) in [5.41, 5.74) is 2.48. The third kappa shape index (κ3) is 1.75. The molecule has 0 radical (unpaired) electrons. The van der Waals surface area contributed by atoms with E-state index in [0.29, 0.717) is 11.6 Å². The topological polar surface area (TPSA) is 68.8 Å². The summed E-state index contributed by atoms with van der Waals surface area (Å²) in [6.07, 6.45) is 3.52. The molecule has 5 nitrogen and oxygen atoms in total. The summed E-state index contributed by atoms with van der Waals surface area (Å²) in [6, 6.07) is 5.48. The second-order valence-electron chi connectivity index (χ2n) is 2.63. The molecule has 6 heteroatoms. The average Bonchev–Trinajstić information content (AvgIpc) is 2.65. The van der Waals surface area contributed by atoms with Crippen molar-refractivity contribution >= 4 is 21.7 Å². The zero-order valence-electron chi connectivity index (χ0n) is 7.18. The van der Waals surface area contributed by atoms with Gasteiger partial charge in [0.25, 0.3) is 0 Å². The molecule has 0 fully saturated rings. The summed E-state index contributed by atoms with van der Waals surface area (Å²) in [5.74, 6) is 6.57. The van der Waals surface area contributed by atoms with Crippen LogP contribution in [0.25, 0.3) is 5.82 Å². The number of pyridine rings is 1. The van der Waals surface area contributed by atoms with E-state index in [4.69, 9.17) is 5.84 Å². The Labute approximate surface area is 89.0 Å². The number of nitrogens with one attached hydrogen (secondary N) is 1. The predicted octanol–water partition coefficient (Wildman–Crippen LogP) is 1.32. The van der Waals surface area contributed by atoms with Gasteiger partial charge in [0.05, 0.1) is 10.7 Å². The minimum absolute atomic E-state index is 0.606. The second-order valence-corrected chi connectivity index (χ2v) is 3.54. The lowest BCUT2D eigenvalue weighted by Crippen LogP contribution is -2.09. The second kappa shape index (κ2) is 3.77. The summed E-state index contributed by atoms with van der Waals surface area (Å²) in [5, 5.41) is 4.10. The number of nitrogen functional groups attached to an aromatic ring is 1. The Kier molecular flexibility index (Phi) is 2.47. The highest BCUT2D eigenvalue weighted by Crippen LogP contribution is 2.12. The molecule has 72 valence electrons. The standard InChI is InChI=1S/C8H8BrN5/c9-6-4-11-14(5-6)8-3-1-2-7(12-8)13-10/h1-5H,10H2,(H,12,13). The van der Waals surface area contributed by atoms with Crippen LogP contribution in [0.1, 0.15) is 0 Å². The van der Waals surface area contributed by atoms with E-state index in [0.717, 1.165) is 4.47 Å². The van der Waals surface area contributed by atoms with Crippen molar-refractivity contribution < 1.29 is 0 Å². The normalized spacial score (nSPS) is 10.1. The Morgan fingerprint density at radius 3 is 2.93 bits per heavy atom. The van der Waals surface area contributed by atoms with Crippen molar-refractivity contribution in [3.05, 3.63) is 35.1 Å². The van der Waals surface area contributed by atoms with Crippen molar-refractivity contribution in [3.63, 3.8) is 0 Å². The zero-order valence-corrected chi connectivity index (χ0v) is 8.77. The van der Waals surface area contributed by atoms with Gasteiger partial charge < -0.3 is 5.43 Å². The number of hydrazine groups is 1. The lowest BCUT2D eigenvalue weighted by Gasteiger charge is -2.02. The van der Waals surface area contributed by atoms with Crippen LogP contribution < -0.4 is 11.3 Å². The number of nitrogens with zero attached hydrogens (tertiary/aromatic N) is 3. The van der Waals surface area contributed by atoms with Crippen LogP contribution in [-0.2, 0) is 0 Å². The van der Waals surface area contributed by atoms with Crippen LogP contribution >= 0.6 is 15.9 Å². The molecule has 0 aliphatic carbocycles. The van der Waals surface area contributed by atoms with Crippen LogP contribution in [0.5, 0.6) is 0 Å². The van der Waals surface area contributed by atoms with E-state index in [-0.39, 0.29) is 0 Å². The van der Waals surface area contributed by atoms with Crippen molar-refractivity contribution in [1.82, 2.24) is 14.8 Å². The summed E-state index contributed by atoms with van der Waals surface area (Å²) in [7, 11) is 0. The van der Waals surface area contributed by atoms with Gasteiger partial charge in [-0.3, -0.25) is 0 Å². The molecule has 0 aliphatic rings. The molecule has 0 unspecified atom stereocenters. The number of nitrogens with two attached hydrogens (primary N) is 1. The fraction of sp³-hybridized carbons (Fsp3) is 0. The minimum atomic E-state index is 0.606. The van der Waals surface area contributed by atoms with E-state index in [2.05, 4.69) is 31.4 Å². The van der Waals surface area contributed by atoms with E-state index in [1.807, 2.05) is 18.3 Å². The molecule has 0 aliphatic heterocycles. The highest BCUT2D eigenvalue weighted by atomic mass is 79.9. The number of anilines is 1. The molecule has 2 rings (SSSR count). The summed E-state index contributed by atoms with van der Waals surface area (Å²) in [6.45, 7) is 0. The van der Waals surface area contributed by atoms with Gasteiger partial charge in [-0.25, -0.2) is 15.5 Å². The number of hydrogen-bond donors (Lipinski definition) is 2. The first-order valence-corrected chi connectivity index (χ1v) is 4.73. The van der Waals surface area contributed by atoms with E-state index in [9.17, 15) is 0 Å². The van der Waals surface area contributed by atoms with E-state index >= 15 is 0 Å². The third-order valence-electron chi connectivity index (χ3n) is 1.67. The molecule has 0 saturated heterocycles. The van der Waals surface area contributed by atoms with E-state index < -0.39 is 0 Å². The Morgan fingerprint density at radius 2 is 2.29 bits per heavy atom. The third-order valence-corrected chi connectivity index (χ3v) is 2.08. The molecule has 2 heterocycles. The smallest absolute Gasteiger partial charge is 0.155 e. The molecule has 0 spiro atoms. The van der Waals surface area contributed by atoms with Crippen molar-refractivity contribution in [3.8, 4) is 5.82 Å². The van der Waals surface area contributed by atoms with E-state index in [1.165, 1.54) is 0 Å². The van der Waals surface area contributed by atoms with Crippen LogP contribution in [-0.4, -0.2) is 14.8 Å². The molecule has 3 N–H and O–H groups in total. The van der Waals surface area contributed by atoms with Crippen LogP contribution in [0.15, 0.2) is 35.1 Å². The van der Waals surface area contributed by atoms with Crippen LogP contribution in [0.4, 0.5) is 5.82 Å². The first kappa shape index (κ1) is 9.17. The molecule has 2 aromatic rings. The molecule has 2 aromatic heterocycles. The summed E-state index contributed by atoms with van der Waals surface area (Å²) in [4.78, 5) is 4.22. The van der Waals surface area contributed by atoms with Crippen molar-refractivity contribution in [2.75, 3.05) is 5.43 Å². The lowest BCUT2D eigenvalue weighted by atomic mass is 10.4. The Morgan fingerprint density at radius 1 is 1.43 bits per heavy atom. The number of hydrogen-bond acceptors (Lipinski definition) is 4. The highest BCUT2D eigenvalue weighted by molar-refractivity contribution is 9.10. The van der Waals surface area contributed by atoms with Gasteiger partial charge in [-0.15, -0.1) is 0 Å². The summed E-state index contributed by atoms with van der Waals surface area (Å²) < 4.78 is 2.57. The SMILES string of the molecule is NNc1cccc(-n2cc(Br)cn2)n1. The fourth-order valence-corrected chi connectivity index (χ4v) is 1.34. The number of rotatable bonds is 2. The van der Waals surface area contributed by atoms with E-state index in [1.54, 1.807) is 16.9 Å². The molecule has 0 saturated carbocycles. The van der Waals surface area contributed by atoms with Crippen LogP contribution in [0.3, 0.4) is 0 Å². The van der Waals surface area contributed by atoms with Gasteiger partial charge in [-0.1, -0.05) is 6.07 Å². The number of aromatic nitrogens is 3. The molecule has 0 atom stereocenters. The molecule has 0 amide bonds. The van der Waals surface area contributed by atoms with Gasteiger partial charge in [0.2, 0.25) is 0 Å². The fourth-order valence-electron chi connectivity index (χ4n) is 1.06. The largest absolute Gasteiger partial charge is 0.308 e. The van der Waals surface area contributed by atoms with Gasteiger partial charge >= 0.3 is 0 Å².